The van der Waals surface area contributed by atoms with Crippen molar-refractivity contribution in [3.8, 4) is 72.4 Å². The van der Waals surface area contributed by atoms with E-state index >= 15 is 0 Å². The van der Waals surface area contributed by atoms with Crippen LogP contribution in [0.1, 0.15) is 156 Å². The lowest BCUT2D eigenvalue weighted by Crippen LogP contribution is -2.61. The molecule has 0 saturated carbocycles. The maximum absolute atomic E-state index is 2.63. The van der Waals surface area contributed by atoms with Crippen LogP contribution in [0.15, 0.2) is 279 Å². The third-order valence-corrected chi connectivity index (χ3v) is 25.0. The van der Waals surface area contributed by atoms with Gasteiger partial charge in [-0.2, -0.15) is 0 Å². The first-order valence-corrected chi connectivity index (χ1v) is 38.7. The summed E-state index contributed by atoms with van der Waals surface area (Å²) in [6.07, 6.45) is 4.71. The lowest BCUT2D eigenvalue weighted by atomic mass is 9.33. The van der Waals surface area contributed by atoms with E-state index < -0.39 is 0 Å². The molecule has 18 rings (SSSR count). The summed E-state index contributed by atoms with van der Waals surface area (Å²) < 4.78 is 2.57. The van der Waals surface area contributed by atoms with E-state index in [1.54, 1.807) is 0 Å². The fourth-order valence-corrected chi connectivity index (χ4v) is 18.9. The summed E-state index contributed by atoms with van der Waals surface area (Å²) in [6.45, 7) is 33.4. The van der Waals surface area contributed by atoms with Crippen molar-refractivity contribution in [2.75, 3.05) is 9.80 Å². The molecule has 0 amide bonds. The van der Waals surface area contributed by atoms with Crippen molar-refractivity contribution in [2.45, 2.75) is 155 Å². The Morgan fingerprint density at radius 1 is 0.274 bits per heavy atom. The predicted octanol–water partition coefficient (Wildman–Crippen LogP) is 26.2. The van der Waals surface area contributed by atoms with Crippen LogP contribution in [0.25, 0.3) is 94.3 Å². The van der Waals surface area contributed by atoms with Crippen molar-refractivity contribution in [3.05, 3.63) is 312 Å². The Balaban J connectivity index is 0.931. The lowest BCUT2D eigenvalue weighted by molar-refractivity contribution is 0.332. The van der Waals surface area contributed by atoms with E-state index in [-0.39, 0.29) is 39.2 Å². The van der Waals surface area contributed by atoms with Gasteiger partial charge in [0.25, 0.3) is 6.71 Å². The van der Waals surface area contributed by atoms with Gasteiger partial charge in [-0.1, -0.05) is 303 Å². The van der Waals surface area contributed by atoms with Gasteiger partial charge in [0.2, 0.25) is 0 Å². The molecule has 0 saturated heterocycles. The smallest absolute Gasteiger partial charge is 0.252 e. The number of rotatable bonds is 9. The van der Waals surface area contributed by atoms with E-state index in [1.807, 2.05) is 0 Å². The first-order chi connectivity index (χ1) is 50.8. The van der Waals surface area contributed by atoms with E-state index in [9.17, 15) is 0 Å². The van der Waals surface area contributed by atoms with Crippen molar-refractivity contribution in [1.29, 1.82) is 0 Å². The maximum Gasteiger partial charge on any atom is 0.252 e. The number of hydrogen-bond acceptors (Lipinski definition) is 2. The normalized spacial score (nSPS) is 15.9. The fourth-order valence-electron chi connectivity index (χ4n) is 18.9. The average molecular weight is 1370 g/mol. The molecule has 0 atom stereocenters. The average Bonchev–Trinajstić information content (AvgIpc) is 0.768. The Morgan fingerprint density at radius 2 is 0.604 bits per heavy atom. The molecule has 106 heavy (non-hydrogen) atoms. The molecule has 0 N–H and O–H groups in total. The molecule has 4 aliphatic rings. The minimum absolute atomic E-state index is 0.0811. The summed E-state index contributed by atoms with van der Waals surface area (Å²) in [7, 11) is 0. The Labute approximate surface area is 629 Å². The van der Waals surface area contributed by atoms with Crippen molar-refractivity contribution in [2.24, 2.45) is 0 Å². The van der Waals surface area contributed by atoms with Crippen LogP contribution in [0, 0.1) is 0 Å². The highest BCUT2D eigenvalue weighted by atomic mass is 15.2. The molecule has 1 aromatic heterocycles. The first kappa shape index (κ1) is 67.2. The fraction of sp³-hybridized carbons (Fsp3) is 0.235. The third-order valence-electron chi connectivity index (χ3n) is 25.0. The van der Waals surface area contributed by atoms with Gasteiger partial charge < -0.3 is 14.4 Å². The zero-order valence-corrected chi connectivity index (χ0v) is 64.3. The van der Waals surface area contributed by atoms with Crippen molar-refractivity contribution in [1.82, 2.24) is 4.57 Å². The van der Waals surface area contributed by atoms with Gasteiger partial charge in [0.05, 0.1) is 16.7 Å². The Hall–Kier alpha value is -10.7. The van der Waals surface area contributed by atoms with Crippen LogP contribution in [0.5, 0.6) is 0 Å². The summed E-state index contributed by atoms with van der Waals surface area (Å²) in [5.74, 6) is 0. The monoisotopic (exact) mass is 1370 g/mol. The van der Waals surface area contributed by atoms with Crippen LogP contribution in [0.4, 0.5) is 34.1 Å². The van der Waals surface area contributed by atoms with Crippen LogP contribution in [-0.4, -0.2) is 11.3 Å². The Bertz CT molecular complexity index is 5500. The highest BCUT2D eigenvalue weighted by Gasteiger charge is 2.46. The van der Waals surface area contributed by atoms with E-state index in [0.717, 1.165) is 39.5 Å². The summed E-state index contributed by atoms with van der Waals surface area (Å²) in [5.41, 5.74) is 37.6. The number of aromatic nitrogens is 1. The Morgan fingerprint density at radius 3 is 1.00 bits per heavy atom. The summed E-state index contributed by atoms with van der Waals surface area (Å²) in [4.78, 5) is 5.27. The second kappa shape index (κ2) is 24.4. The van der Waals surface area contributed by atoms with E-state index in [1.165, 1.54) is 164 Å². The quantitative estimate of drug-likeness (QED) is 0.133. The van der Waals surface area contributed by atoms with E-state index in [0.29, 0.717) is 0 Å². The van der Waals surface area contributed by atoms with Crippen molar-refractivity contribution >= 4 is 79.0 Å². The molecule has 3 heterocycles. The molecular weight excluding hydrogens is 1280 g/mol. The maximum atomic E-state index is 2.63. The van der Waals surface area contributed by atoms with Gasteiger partial charge in [-0.15, -0.1) is 0 Å². The molecule has 2 aliphatic carbocycles. The number of anilines is 6. The van der Waals surface area contributed by atoms with Crippen LogP contribution >= 0.6 is 0 Å². The largest absolute Gasteiger partial charge is 0.311 e. The van der Waals surface area contributed by atoms with Crippen LogP contribution in [0.3, 0.4) is 0 Å². The van der Waals surface area contributed by atoms with Gasteiger partial charge >= 0.3 is 0 Å². The molecule has 0 fully saturated rings. The summed E-state index contributed by atoms with van der Waals surface area (Å²) >= 11 is 0. The van der Waals surface area contributed by atoms with Crippen LogP contribution in [-0.2, 0) is 32.5 Å². The van der Waals surface area contributed by atoms with Crippen LogP contribution < -0.4 is 26.2 Å². The minimum Gasteiger partial charge on any atom is -0.311 e. The molecule has 2 aliphatic heterocycles. The van der Waals surface area contributed by atoms with Gasteiger partial charge in [0.1, 0.15) is 0 Å². The number of nitrogens with zero attached hydrogens (tertiary/aromatic N) is 3. The molecule has 3 nitrogen and oxygen atoms in total. The highest BCUT2D eigenvalue weighted by molar-refractivity contribution is 7.00. The van der Waals surface area contributed by atoms with E-state index in [2.05, 4.69) is 390 Å². The molecule has 4 heteroatoms. The molecular formula is C102H96BN3. The SMILES string of the molecule is CC(C)(C)c1ccccc1-c1ccc2c(c1)B1c3cc(-c4ccccc4C(C)(C)C)ccc3N(c3ccc(-c4ccc5c(c4)C(C)(C)CCC5(C)C)cc3)c3cc(-n4c5ccc(-c6ccccc6)cc5c5cc(-c6ccccc6)ccc54)cc(c31)N2c1ccc(-c2ccc3c(c2)C(C)(C)CCC3(C)C)cc1. The molecule has 522 valence electrons. The van der Waals surface area contributed by atoms with Gasteiger partial charge in [0.15, 0.2) is 0 Å². The highest BCUT2D eigenvalue weighted by Crippen LogP contribution is 2.53. The summed E-state index contributed by atoms with van der Waals surface area (Å²) in [6, 6.07) is 108. The number of hydrogen-bond donors (Lipinski definition) is 0. The molecule has 0 bridgehead atoms. The van der Waals surface area contributed by atoms with Gasteiger partial charge in [0, 0.05) is 44.9 Å². The van der Waals surface area contributed by atoms with Gasteiger partial charge in [-0.25, -0.2) is 0 Å². The second-order valence-corrected chi connectivity index (χ2v) is 35.8. The zero-order valence-electron chi connectivity index (χ0n) is 64.3. The number of fused-ring (bicyclic) bond motifs is 9. The standard InChI is InChI=1S/C102H96BN3/c1-97(2,3)82-31-23-21-29-78(82)73-41-51-92-88(61-73)103-89-62-74(79-30-22-24-32-83(79)98(4,5)6)42-52-93(89)105(76-45-35-68(36-46-76)72-38-48-85-87(60-72)102(13,14)56-54-100(85,9)10)95-64-77(63-94(96(95)103)104(92)75-43-33-67(34-44-75)71-37-47-84-86(59-71)101(11,12)55-53-99(84,7)8)106-90-49-39-69(65-25-17-15-18-26-65)57-80(90)81-58-70(40-50-91(81)106)66-27-19-16-20-28-66/h15-52,57-64H,53-56H2,1-14H3. The van der Waals surface area contributed by atoms with Gasteiger partial charge in [-0.3, -0.25) is 0 Å². The minimum atomic E-state index is -0.190. The second-order valence-electron chi connectivity index (χ2n) is 35.8. The summed E-state index contributed by atoms with van der Waals surface area (Å²) in [5, 5.41) is 2.42. The molecule has 0 unspecified atom stereocenters. The molecule has 0 spiro atoms. The predicted molar refractivity (Wildman–Crippen MR) is 455 cm³/mol. The topological polar surface area (TPSA) is 11.4 Å². The Kier molecular flexibility index (Phi) is 15.5. The molecule has 13 aromatic carbocycles. The first-order valence-electron chi connectivity index (χ1n) is 38.7. The molecule has 14 aromatic rings. The molecule has 0 radical (unpaired) electrons. The lowest BCUT2D eigenvalue weighted by Gasteiger charge is -2.45. The van der Waals surface area contributed by atoms with Crippen molar-refractivity contribution in [3.63, 3.8) is 0 Å². The zero-order chi connectivity index (χ0) is 73.1. The number of benzene rings is 13. The van der Waals surface area contributed by atoms with Crippen molar-refractivity contribution < 1.29 is 0 Å². The van der Waals surface area contributed by atoms with Crippen LogP contribution in [0.2, 0.25) is 0 Å². The van der Waals surface area contributed by atoms with E-state index in [4.69, 9.17) is 0 Å². The third kappa shape index (κ3) is 11.1. The van der Waals surface area contributed by atoms with Gasteiger partial charge in [-0.05, 0) is 248 Å².